The van der Waals surface area contributed by atoms with Gasteiger partial charge in [0.15, 0.2) is 0 Å². The number of aromatic nitrogens is 1. The summed E-state index contributed by atoms with van der Waals surface area (Å²) in [4.78, 5) is 34.4. The second-order valence-electron chi connectivity index (χ2n) is 9.49. The number of amides is 2. The number of carbonyl (C=O) groups excluding carboxylic acids is 2. The van der Waals surface area contributed by atoms with Gasteiger partial charge in [0, 0.05) is 50.2 Å². The Balaban J connectivity index is 1.38. The van der Waals surface area contributed by atoms with Gasteiger partial charge in [-0.25, -0.2) is 0 Å². The van der Waals surface area contributed by atoms with Gasteiger partial charge in [0.05, 0.1) is 6.04 Å². The Labute approximate surface area is 211 Å². The lowest BCUT2D eigenvalue weighted by Crippen LogP contribution is -2.62. The quantitative estimate of drug-likeness (QED) is 0.403. The minimum Gasteiger partial charge on any atom is -0.361 e. The normalized spacial score (nSPS) is 16.8. The Bertz CT molecular complexity index is 1320. The van der Waals surface area contributed by atoms with Crippen molar-refractivity contribution in [3.05, 3.63) is 108 Å². The first kappa shape index (κ1) is 23.8. The van der Waals surface area contributed by atoms with Gasteiger partial charge in [0.2, 0.25) is 11.8 Å². The van der Waals surface area contributed by atoms with E-state index >= 15 is 0 Å². The molecule has 3 aromatic carbocycles. The molecule has 0 unspecified atom stereocenters. The highest BCUT2D eigenvalue weighted by Crippen LogP contribution is 2.22. The van der Waals surface area contributed by atoms with Crippen LogP contribution in [0.1, 0.15) is 16.7 Å². The van der Waals surface area contributed by atoms with E-state index < -0.39 is 6.04 Å². The Morgan fingerprint density at radius 2 is 1.64 bits per heavy atom. The number of carbonyl (C=O) groups is 2. The number of aromatic amines is 1. The highest BCUT2D eigenvalue weighted by atomic mass is 16.2. The van der Waals surface area contributed by atoms with E-state index in [2.05, 4.69) is 16.4 Å². The van der Waals surface area contributed by atoms with Crippen LogP contribution in [0.25, 0.3) is 10.9 Å². The number of benzene rings is 3. The highest BCUT2D eigenvalue weighted by molar-refractivity contribution is 5.91. The van der Waals surface area contributed by atoms with Crippen LogP contribution in [0.15, 0.2) is 91.1 Å². The van der Waals surface area contributed by atoms with Crippen LogP contribution in [0.5, 0.6) is 0 Å². The topological polar surface area (TPSA) is 68.4 Å². The van der Waals surface area contributed by atoms with Crippen molar-refractivity contribution >= 4 is 22.7 Å². The molecule has 1 aliphatic heterocycles. The number of para-hydroxylation sites is 1. The molecule has 4 aromatic rings. The van der Waals surface area contributed by atoms with E-state index in [9.17, 15) is 9.59 Å². The van der Waals surface area contributed by atoms with Crippen LogP contribution in [0.2, 0.25) is 0 Å². The Morgan fingerprint density at radius 3 is 2.39 bits per heavy atom. The lowest BCUT2D eigenvalue weighted by molar-refractivity contribution is -0.148. The van der Waals surface area contributed by atoms with Crippen molar-refractivity contribution in [2.45, 2.75) is 31.5 Å². The number of rotatable bonds is 8. The SMILES string of the molecule is CN(Cc1ccccc1)C(=O)[C@@H](Cc1ccccc1)N1CCN[C@H](Cc2c[nH]c3ccccc23)C1=O. The fraction of sp³-hybridized carbons (Fsp3) is 0.267. The molecule has 184 valence electrons. The fourth-order valence-corrected chi connectivity index (χ4v) is 5.10. The molecule has 0 bridgehead atoms. The maximum atomic E-state index is 13.8. The molecular formula is C30H32N4O2. The van der Waals surface area contributed by atoms with Gasteiger partial charge in [-0.2, -0.15) is 0 Å². The predicted molar refractivity (Wildman–Crippen MR) is 142 cm³/mol. The third kappa shape index (κ3) is 5.19. The Morgan fingerprint density at radius 1 is 0.972 bits per heavy atom. The largest absolute Gasteiger partial charge is 0.361 e. The van der Waals surface area contributed by atoms with Crippen molar-refractivity contribution < 1.29 is 9.59 Å². The van der Waals surface area contributed by atoms with Gasteiger partial charge in [-0.1, -0.05) is 78.9 Å². The molecule has 36 heavy (non-hydrogen) atoms. The van der Waals surface area contributed by atoms with Crippen molar-refractivity contribution in [3.63, 3.8) is 0 Å². The van der Waals surface area contributed by atoms with E-state index in [4.69, 9.17) is 0 Å². The standard InChI is InChI=1S/C30H32N4O2/c1-33(21-23-12-6-3-7-13-23)30(36)28(18-22-10-4-2-5-11-22)34-17-16-31-27(29(34)35)19-24-20-32-26-15-9-8-14-25(24)26/h2-15,20,27-28,31-32H,16-19,21H2,1H3/t27-,28-/m1/s1. The van der Waals surface area contributed by atoms with E-state index in [0.29, 0.717) is 32.5 Å². The van der Waals surface area contributed by atoms with Crippen LogP contribution in [-0.2, 0) is 29.0 Å². The van der Waals surface area contributed by atoms with Crippen molar-refractivity contribution in [2.24, 2.45) is 0 Å². The van der Waals surface area contributed by atoms with Crippen LogP contribution >= 0.6 is 0 Å². The molecule has 1 aromatic heterocycles. The molecular weight excluding hydrogens is 448 g/mol. The maximum Gasteiger partial charge on any atom is 0.245 e. The molecule has 0 spiro atoms. The molecule has 0 radical (unpaired) electrons. The van der Waals surface area contributed by atoms with Crippen molar-refractivity contribution in [1.29, 1.82) is 0 Å². The van der Waals surface area contributed by atoms with E-state index in [1.54, 1.807) is 9.80 Å². The van der Waals surface area contributed by atoms with Gasteiger partial charge < -0.3 is 20.1 Å². The maximum absolute atomic E-state index is 13.8. The van der Waals surface area contributed by atoms with Crippen LogP contribution in [0, 0.1) is 0 Å². The zero-order valence-electron chi connectivity index (χ0n) is 20.6. The fourth-order valence-electron chi connectivity index (χ4n) is 5.10. The van der Waals surface area contributed by atoms with E-state index in [1.807, 2.05) is 92.1 Å². The number of nitrogens with one attached hydrogen (secondary N) is 2. The number of piperazine rings is 1. The lowest BCUT2D eigenvalue weighted by atomic mass is 9.98. The summed E-state index contributed by atoms with van der Waals surface area (Å²) in [7, 11) is 1.82. The summed E-state index contributed by atoms with van der Waals surface area (Å²) in [5, 5.41) is 4.53. The Kier molecular flexibility index (Phi) is 7.14. The van der Waals surface area contributed by atoms with Crippen molar-refractivity contribution in [3.8, 4) is 0 Å². The zero-order chi connectivity index (χ0) is 24.9. The molecule has 1 fully saturated rings. The van der Waals surface area contributed by atoms with Crippen molar-refractivity contribution in [1.82, 2.24) is 20.1 Å². The second kappa shape index (κ2) is 10.8. The third-order valence-corrected chi connectivity index (χ3v) is 7.00. The number of fused-ring (bicyclic) bond motifs is 1. The summed E-state index contributed by atoms with van der Waals surface area (Å²) in [6, 6.07) is 27.1. The summed E-state index contributed by atoms with van der Waals surface area (Å²) in [5.74, 6) is -0.0577. The van der Waals surface area contributed by atoms with Gasteiger partial charge in [-0.15, -0.1) is 0 Å². The minimum absolute atomic E-state index is 0.0195. The number of likely N-dealkylation sites (N-methyl/N-ethyl adjacent to an activating group) is 1. The average molecular weight is 481 g/mol. The monoisotopic (exact) mass is 480 g/mol. The predicted octanol–water partition coefficient (Wildman–Crippen LogP) is 3.78. The molecule has 0 aliphatic carbocycles. The molecule has 1 aliphatic rings. The molecule has 2 heterocycles. The number of hydrogen-bond donors (Lipinski definition) is 2. The van der Waals surface area contributed by atoms with Gasteiger partial charge in [-0.05, 0) is 29.2 Å². The lowest BCUT2D eigenvalue weighted by Gasteiger charge is -2.39. The van der Waals surface area contributed by atoms with Gasteiger partial charge in [0.25, 0.3) is 0 Å². The van der Waals surface area contributed by atoms with Crippen LogP contribution in [0.4, 0.5) is 0 Å². The summed E-state index contributed by atoms with van der Waals surface area (Å²) in [5.41, 5.74) is 4.27. The van der Waals surface area contributed by atoms with Crippen molar-refractivity contribution in [2.75, 3.05) is 20.1 Å². The average Bonchev–Trinajstić information content (AvgIpc) is 3.32. The third-order valence-electron chi connectivity index (χ3n) is 7.00. The molecule has 6 heteroatoms. The minimum atomic E-state index is -0.554. The summed E-state index contributed by atoms with van der Waals surface area (Å²) in [6.07, 6.45) is 3.05. The Hall–Kier alpha value is -3.90. The molecule has 5 rings (SSSR count). The first-order chi connectivity index (χ1) is 17.6. The highest BCUT2D eigenvalue weighted by Gasteiger charge is 2.37. The van der Waals surface area contributed by atoms with Gasteiger partial charge >= 0.3 is 0 Å². The zero-order valence-corrected chi connectivity index (χ0v) is 20.6. The summed E-state index contributed by atoms with van der Waals surface area (Å²) >= 11 is 0. The molecule has 0 saturated carbocycles. The first-order valence-corrected chi connectivity index (χ1v) is 12.5. The molecule has 2 amide bonds. The second-order valence-corrected chi connectivity index (χ2v) is 9.49. The molecule has 6 nitrogen and oxygen atoms in total. The van der Waals surface area contributed by atoms with Crippen LogP contribution in [0.3, 0.4) is 0 Å². The van der Waals surface area contributed by atoms with E-state index in [1.165, 1.54) is 0 Å². The van der Waals surface area contributed by atoms with E-state index in [0.717, 1.165) is 27.6 Å². The first-order valence-electron chi connectivity index (χ1n) is 12.5. The summed E-state index contributed by atoms with van der Waals surface area (Å²) < 4.78 is 0. The van der Waals surface area contributed by atoms with Crippen LogP contribution in [-0.4, -0.2) is 58.8 Å². The summed E-state index contributed by atoms with van der Waals surface area (Å²) in [6.45, 7) is 1.66. The van der Waals surface area contributed by atoms with Crippen LogP contribution < -0.4 is 5.32 Å². The number of nitrogens with zero attached hydrogens (tertiary/aromatic N) is 2. The number of H-pyrrole nitrogens is 1. The number of hydrogen-bond acceptors (Lipinski definition) is 3. The molecule has 2 N–H and O–H groups in total. The molecule has 1 saturated heterocycles. The smallest absolute Gasteiger partial charge is 0.245 e. The van der Waals surface area contributed by atoms with Gasteiger partial charge in [0.1, 0.15) is 6.04 Å². The van der Waals surface area contributed by atoms with E-state index in [-0.39, 0.29) is 17.9 Å². The van der Waals surface area contributed by atoms with Gasteiger partial charge in [-0.3, -0.25) is 9.59 Å². The molecule has 2 atom stereocenters.